The van der Waals surface area contributed by atoms with Crippen molar-refractivity contribution in [1.82, 2.24) is 15.1 Å². The Hall–Kier alpha value is -2.99. The third kappa shape index (κ3) is 3.41. The summed E-state index contributed by atoms with van der Waals surface area (Å²) in [5.74, 6) is 1.28. The van der Waals surface area contributed by atoms with Crippen molar-refractivity contribution >= 4 is 17.5 Å². The minimum absolute atomic E-state index is 0.0441. The number of benzene rings is 2. The fourth-order valence-electron chi connectivity index (χ4n) is 3.97. The Morgan fingerprint density at radius 3 is 2.57 bits per heavy atom. The van der Waals surface area contributed by atoms with Crippen LogP contribution in [0, 0.1) is 0 Å². The number of hydrogen-bond acceptors (Lipinski definition) is 4. The van der Waals surface area contributed by atoms with Gasteiger partial charge in [0.1, 0.15) is 5.69 Å². The Morgan fingerprint density at radius 2 is 1.90 bits per heavy atom. The number of aromatic nitrogens is 2. The molecule has 0 spiro atoms. The van der Waals surface area contributed by atoms with Gasteiger partial charge in [-0.15, -0.1) is 0 Å². The van der Waals surface area contributed by atoms with Crippen molar-refractivity contribution < 1.29 is 14.3 Å². The van der Waals surface area contributed by atoms with Gasteiger partial charge in [-0.3, -0.25) is 9.89 Å². The summed E-state index contributed by atoms with van der Waals surface area (Å²) in [4.78, 5) is 15.1. The second kappa shape index (κ2) is 8.40. The molecule has 0 saturated heterocycles. The van der Waals surface area contributed by atoms with Gasteiger partial charge in [0, 0.05) is 22.7 Å². The molecule has 156 valence electrons. The van der Waals surface area contributed by atoms with Crippen LogP contribution < -0.4 is 9.47 Å². The number of aromatic amines is 1. The number of nitrogens with one attached hydrogen (secondary N) is 1. The van der Waals surface area contributed by atoms with Gasteiger partial charge < -0.3 is 14.4 Å². The highest BCUT2D eigenvalue weighted by Gasteiger charge is 2.42. The average Bonchev–Trinajstić information content (AvgIpc) is 3.29. The third-order valence-electron chi connectivity index (χ3n) is 5.25. The first-order valence-electron chi connectivity index (χ1n) is 10.0. The molecular formula is C23H24ClN3O3. The van der Waals surface area contributed by atoms with Gasteiger partial charge in [-0.1, -0.05) is 36.7 Å². The summed E-state index contributed by atoms with van der Waals surface area (Å²) >= 11 is 6.06. The van der Waals surface area contributed by atoms with E-state index in [1.165, 1.54) is 0 Å². The van der Waals surface area contributed by atoms with Crippen LogP contribution in [0.5, 0.6) is 11.5 Å². The fraction of sp³-hybridized carbons (Fsp3) is 0.304. The normalized spacial score (nSPS) is 15.4. The smallest absolute Gasteiger partial charge is 0.273 e. The number of methoxy groups -OCH3 is 1. The summed E-state index contributed by atoms with van der Waals surface area (Å²) < 4.78 is 11.2. The minimum Gasteiger partial charge on any atom is -0.493 e. The Kier molecular flexibility index (Phi) is 5.68. The lowest BCUT2D eigenvalue weighted by atomic mass is 9.95. The molecule has 0 fully saturated rings. The van der Waals surface area contributed by atoms with E-state index < -0.39 is 0 Å². The first-order valence-corrected chi connectivity index (χ1v) is 10.4. The van der Waals surface area contributed by atoms with E-state index in [-0.39, 0.29) is 11.9 Å². The number of ether oxygens (including phenoxy) is 2. The molecule has 30 heavy (non-hydrogen) atoms. The molecule has 7 heteroatoms. The molecule has 4 rings (SSSR count). The molecule has 1 atom stereocenters. The zero-order valence-corrected chi connectivity index (χ0v) is 18.0. The largest absolute Gasteiger partial charge is 0.493 e. The molecule has 0 radical (unpaired) electrons. The standard InChI is InChI=1S/C23H24ClN3O3/c1-4-12-27-22(15-8-11-17(30-5-2)18(13-15)29-3)19-20(25-26-21(19)23(27)28)14-6-9-16(24)10-7-14/h6-11,13,22H,4-5,12H2,1-3H3,(H,25,26). The molecule has 1 amide bonds. The molecule has 3 aromatic rings. The topological polar surface area (TPSA) is 67.5 Å². The van der Waals surface area contributed by atoms with E-state index in [1.807, 2.05) is 54.3 Å². The van der Waals surface area contributed by atoms with Gasteiger partial charge in [0.15, 0.2) is 11.5 Å². The monoisotopic (exact) mass is 425 g/mol. The lowest BCUT2D eigenvalue weighted by Gasteiger charge is -2.26. The maximum absolute atomic E-state index is 13.2. The van der Waals surface area contributed by atoms with Gasteiger partial charge in [-0.25, -0.2) is 0 Å². The number of H-pyrrole nitrogens is 1. The van der Waals surface area contributed by atoms with Crippen LogP contribution in [0.15, 0.2) is 42.5 Å². The second-order valence-corrected chi connectivity index (χ2v) is 7.55. The molecule has 2 heterocycles. The van der Waals surface area contributed by atoms with Crippen LogP contribution in [0.1, 0.15) is 47.9 Å². The van der Waals surface area contributed by atoms with Crippen LogP contribution in [0.3, 0.4) is 0 Å². The maximum atomic E-state index is 13.2. The van der Waals surface area contributed by atoms with E-state index in [0.717, 1.165) is 28.8 Å². The fourth-order valence-corrected chi connectivity index (χ4v) is 4.10. The summed E-state index contributed by atoms with van der Waals surface area (Å²) in [6.45, 7) is 5.18. The van der Waals surface area contributed by atoms with Crippen molar-refractivity contribution in [3.63, 3.8) is 0 Å². The summed E-state index contributed by atoms with van der Waals surface area (Å²) in [6.07, 6.45) is 0.852. The Balaban J connectivity index is 1.86. The van der Waals surface area contributed by atoms with Crippen LogP contribution in [0.4, 0.5) is 0 Å². The van der Waals surface area contributed by atoms with Gasteiger partial charge in [-0.05, 0) is 43.2 Å². The molecule has 1 unspecified atom stereocenters. The Morgan fingerprint density at radius 1 is 1.13 bits per heavy atom. The number of carbonyl (C=O) groups is 1. The van der Waals surface area contributed by atoms with Gasteiger partial charge in [0.25, 0.3) is 5.91 Å². The SMILES string of the molecule is CCCN1C(=O)c2[nH]nc(-c3ccc(Cl)cc3)c2C1c1ccc(OCC)c(OC)c1. The maximum Gasteiger partial charge on any atom is 0.273 e. The van der Waals surface area contributed by atoms with Gasteiger partial charge in [-0.2, -0.15) is 5.10 Å². The van der Waals surface area contributed by atoms with E-state index in [4.69, 9.17) is 21.1 Å². The van der Waals surface area contributed by atoms with Gasteiger partial charge in [0.05, 0.1) is 25.5 Å². The van der Waals surface area contributed by atoms with Crippen LogP contribution >= 0.6 is 11.6 Å². The van der Waals surface area contributed by atoms with Crippen LogP contribution in [0.2, 0.25) is 5.02 Å². The number of amides is 1. The molecule has 2 aromatic carbocycles. The van der Waals surface area contributed by atoms with Crippen molar-refractivity contribution in [2.24, 2.45) is 0 Å². The van der Waals surface area contributed by atoms with E-state index >= 15 is 0 Å². The van der Waals surface area contributed by atoms with Crippen molar-refractivity contribution in [2.75, 3.05) is 20.3 Å². The molecule has 1 aliphatic heterocycles. The van der Waals surface area contributed by atoms with E-state index in [2.05, 4.69) is 17.1 Å². The number of halogens is 1. The van der Waals surface area contributed by atoms with Crippen molar-refractivity contribution in [3.8, 4) is 22.8 Å². The molecule has 0 saturated carbocycles. The zero-order chi connectivity index (χ0) is 21.3. The van der Waals surface area contributed by atoms with Crippen molar-refractivity contribution in [3.05, 3.63) is 64.3 Å². The first-order chi connectivity index (χ1) is 14.6. The molecule has 0 aliphatic carbocycles. The summed E-state index contributed by atoms with van der Waals surface area (Å²) in [6, 6.07) is 13.1. The zero-order valence-electron chi connectivity index (χ0n) is 17.2. The van der Waals surface area contributed by atoms with Crippen molar-refractivity contribution in [1.29, 1.82) is 0 Å². The molecule has 6 nitrogen and oxygen atoms in total. The Bertz CT molecular complexity index is 1060. The van der Waals surface area contributed by atoms with E-state index in [9.17, 15) is 4.79 Å². The number of hydrogen-bond donors (Lipinski definition) is 1. The lowest BCUT2D eigenvalue weighted by molar-refractivity contribution is 0.0743. The second-order valence-electron chi connectivity index (χ2n) is 7.11. The predicted molar refractivity (Wildman–Crippen MR) is 116 cm³/mol. The highest BCUT2D eigenvalue weighted by molar-refractivity contribution is 6.30. The highest BCUT2D eigenvalue weighted by Crippen LogP contribution is 2.44. The van der Waals surface area contributed by atoms with Crippen LogP contribution in [-0.2, 0) is 0 Å². The molecule has 0 bridgehead atoms. The van der Waals surface area contributed by atoms with E-state index in [1.54, 1.807) is 7.11 Å². The van der Waals surface area contributed by atoms with Crippen molar-refractivity contribution in [2.45, 2.75) is 26.3 Å². The average molecular weight is 426 g/mol. The molecule has 1 N–H and O–H groups in total. The summed E-state index contributed by atoms with van der Waals surface area (Å²) in [5, 5.41) is 8.10. The number of fused-ring (bicyclic) bond motifs is 1. The quantitative estimate of drug-likeness (QED) is 0.572. The summed E-state index contributed by atoms with van der Waals surface area (Å²) in [7, 11) is 1.62. The predicted octanol–water partition coefficient (Wildman–Crippen LogP) is 5.09. The van der Waals surface area contributed by atoms with Crippen LogP contribution in [0.25, 0.3) is 11.3 Å². The van der Waals surface area contributed by atoms with E-state index in [0.29, 0.717) is 35.4 Å². The van der Waals surface area contributed by atoms with Crippen LogP contribution in [-0.4, -0.2) is 41.3 Å². The first kappa shape index (κ1) is 20.3. The molecular weight excluding hydrogens is 402 g/mol. The Labute approximate surface area is 180 Å². The van der Waals surface area contributed by atoms with Gasteiger partial charge >= 0.3 is 0 Å². The highest BCUT2D eigenvalue weighted by atomic mass is 35.5. The number of nitrogens with zero attached hydrogens (tertiary/aromatic N) is 2. The molecule has 1 aromatic heterocycles. The lowest BCUT2D eigenvalue weighted by Crippen LogP contribution is -2.30. The number of rotatable bonds is 7. The van der Waals surface area contributed by atoms with Gasteiger partial charge in [0.2, 0.25) is 0 Å². The minimum atomic E-state index is -0.263. The third-order valence-corrected chi connectivity index (χ3v) is 5.50. The molecule has 1 aliphatic rings. The number of carbonyl (C=O) groups excluding carboxylic acids is 1. The summed E-state index contributed by atoms with van der Waals surface area (Å²) in [5.41, 5.74) is 4.03.